The molecule has 0 radical (unpaired) electrons. The van der Waals surface area contributed by atoms with Crippen LogP contribution in [-0.2, 0) is 0 Å². The third kappa shape index (κ3) is 4.15. The van der Waals surface area contributed by atoms with Gasteiger partial charge in [-0.15, -0.1) is 0 Å². The molecule has 13 heavy (non-hydrogen) atoms. The van der Waals surface area contributed by atoms with Crippen LogP contribution >= 0.6 is 0 Å². The zero-order chi connectivity index (χ0) is 9.14. The van der Waals surface area contributed by atoms with Crippen LogP contribution in [0.25, 0.3) is 0 Å². The van der Waals surface area contributed by atoms with E-state index in [-0.39, 0.29) is 24.0 Å². The number of nitrogens with one attached hydrogen (secondary N) is 1. The van der Waals surface area contributed by atoms with E-state index >= 15 is 0 Å². The van der Waals surface area contributed by atoms with Crippen molar-refractivity contribution in [2.45, 2.75) is 45.2 Å². The Morgan fingerprint density at radius 3 is 2.54 bits per heavy atom. The van der Waals surface area contributed by atoms with Gasteiger partial charge in [0.2, 0.25) is 0 Å². The molecule has 0 aliphatic heterocycles. The fraction of sp³-hybridized carbons (Fsp3) is 0.889. The third-order valence-electron chi connectivity index (χ3n) is 2.48. The molecule has 0 aromatic carbocycles. The van der Waals surface area contributed by atoms with E-state index < -0.39 is 0 Å². The fourth-order valence-corrected chi connectivity index (χ4v) is 1.11. The molecule has 4 heteroatoms. The zero-order valence-corrected chi connectivity index (χ0v) is 10.8. The summed E-state index contributed by atoms with van der Waals surface area (Å²) >= 11 is 0. The lowest BCUT2D eigenvalue weighted by Crippen LogP contribution is -3.00. The molecule has 0 spiro atoms. The Bertz CT molecular complexity index is 187. The van der Waals surface area contributed by atoms with E-state index in [0.717, 1.165) is 12.4 Å². The molecular formula is C9H20IN3. The van der Waals surface area contributed by atoms with Crippen LogP contribution in [0.3, 0.4) is 0 Å². The number of hydrogen-bond acceptors (Lipinski definition) is 0. The summed E-state index contributed by atoms with van der Waals surface area (Å²) in [7, 11) is 2.06. The maximum Gasteiger partial charge on any atom is 0.343 e. The zero-order valence-electron chi connectivity index (χ0n) is 8.68. The van der Waals surface area contributed by atoms with Gasteiger partial charge >= 0.3 is 5.96 Å². The Morgan fingerprint density at radius 2 is 2.15 bits per heavy atom. The number of hydrogen-bond donors (Lipinski definition) is 2. The van der Waals surface area contributed by atoms with E-state index in [4.69, 9.17) is 5.73 Å². The van der Waals surface area contributed by atoms with Crippen LogP contribution < -0.4 is 35.0 Å². The van der Waals surface area contributed by atoms with Gasteiger partial charge in [-0.25, -0.2) is 0 Å². The van der Waals surface area contributed by atoms with Gasteiger partial charge in [0.05, 0.1) is 19.1 Å². The molecule has 1 fully saturated rings. The molecule has 0 aromatic rings. The molecule has 1 atom stereocenters. The van der Waals surface area contributed by atoms with Crippen LogP contribution in [0.15, 0.2) is 0 Å². The maximum atomic E-state index is 5.87. The first-order valence-electron chi connectivity index (χ1n) is 4.77. The molecule has 1 unspecified atom stereocenters. The number of nitrogens with zero attached hydrogens (tertiary/aromatic N) is 1. The molecule has 3 nitrogen and oxygen atoms in total. The van der Waals surface area contributed by atoms with Crippen molar-refractivity contribution in [3.8, 4) is 0 Å². The van der Waals surface area contributed by atoms with Gasteiger partial charge in [0.15, 0.2) is 0 Å². The van der Waals surface area contributed by atoms with E-state index in [1.54, 1.807) is 0 Å². The second-order valence-corrected chi connectivity index (χ2v) is 3.68. The molecule has 3 N–H and O–H groups in total. The summed E-state index contributed by atoms with van der Waals surface area (Å²) in [5.74, 6) is 0.826. The predicted molar refractivity (Wildman–Crippen MR) is 51.3 cm³/mol. The van der Waals surface area contributed by atoms with Crippen LogP contribution in [0.4, 0.5) is 0 Å². The minimum atomic E-state index is 0. The quantitative estimate of drug-likeness (QED) is 0.262. The van der Waals surface area contributed by atoms with Crippen LogP contribution in [0.5, 0.6) is 0 Å². The van der Waals surface area contributed by atoms with Crippen LogP contribution in [0, 0.1) is 0 Å². The fourth-order valence-electron chi connectivity index (χ4n) is 1.11. The van der Waals surface area contributed by atoms with E-state index in [1.807, 2.05) is 0 Å². The molecule has 0 bridgehead atoms. The number of rotatable bonds is 3. The van der Waals surface area contributed by atoms with Crippen molar-refractivity contribution in [3.63, 3.8) is 0 Å². The van der Waals surface area contributed by atoms with Gasteiger partial charge in [-0.2, -0.15) is 0 Å². The van der Waals surface area contributed by atoms with E-state index in [2.05, 4.69) is 30.8 Å². The summed E-state index contributed by atoms with van der Waals surface area (Å²) in [6.07, 6.45) is 3.69. The first-order valence-corrected chi connectivity index (χ1v) is 4.77. The monoisotopic (exact) mass is 297 g/mol. The minimum absolute atomic E-state index is 0. The Balaban J connectivity index is 0.00000144. The third-order valence-corrected chi connectivity index (χ3v) is 2.48. The van der Waals surface area contributed by atoms with Crippen LogP contribution in [0.2, 0.25) is 0 Å². The van der Waals surface area contributed by atoms with Gasteiger partial charge in [0.1, 0.15) is 0 Å². The molecule has 1 aliphatic rings. The molecule has 0 heterocycles. The number of nitrogens with two attached hydrogens (primary N) is 1. The largest absolute Gasteiger partial charge is 1.00 e. The van der Waals surface area contributed by atoms with Gasteiger partial charge in [0.25, 0.3) is 0 Å². The molecule has 1 aliphatic carbocycles. The standard InChI is InChI=1S/C9H19N3.HI/c1-4-7(2)11-9(10)12(3)8-5-6-8;/h7-8H,4-6H2,1-3H3,(H2,10,11);1H. The first-order chi connectivity index (χ1) is 5.65. The van der Waals surface area contributed by atoms with Gasteiger partial charge in [0, 0.05) is 0 Å². The second-order valence-electron chi connectivity index (χ2n) is 3.68. The van der Waals surface area contributed by atoms with Gasteiger partial charge < -0.3 is 24.0 Å². The summed E-state index contributed by atoms with van der Waals surface area (Å²) in [5, 5.41) is 3.27. The summed E-state index contributed by atoms with van der Waals surface area (Å²) in [5.41, 5.74) is 5.87. The highest BCUT2D eigenvalue weighted by Gasteiger charge is 2.28. The Kier molecular flexibility index (Phi) is 5.67. The van der Waals surface area contributed by atoms with Crippen molar-refractivity contribution in [1.29, 1.82) is 0 Å². The summed E-state index contributed by atoms with van der Waals surface area (Å²) in [6, 6.07) is 1.17. The topological polar surface area (TPSA) is 41.1 Å². The van der Waals surface area contributed by atoms with E-state index in [0.29, 0.717) is 12.1 Å². The molecular weight excluding hydrogens is 277 g/mol. The van der Waals surface area contributed by atoms with Crippen molar-refractivity contribution in [2.75, 3.05) is 7.05 Å². The van der Waals surface area contributed by atoms with E-state index in [9.17, 15) is 0 Å². The molecule has 78 valence electrons. The van der Waals surface area contributed by atoms with Crippen molar-refractivity contribution < 1.29 is 28.6 Å². The average Bonchev–Trinajstić information content (AvgIpc) is 2.85. The van der Waals surface area contributed by atoms with Gasteiger partial charge in [-0.3, -0.25) is 15.6 Å². The highest BCUT2D eigenvalue weighted by molar-refractivity contribution is 5.73. The van der Waals surface area contributed by atoms with Gasteiger partial charge in [-0.05, 0) is 26.2 Å². The van der Waals surface area contributed by atoms with Crippen LogP contribution in [0.1, 0.15) is 33.1 Å². The minimum Gasteiger partial charge on any atom is -1.00 e. The predicted octanol–water partition coefficient (Wildman–Crippen LogP) is -2.50. The highest BCUT2D eigenvalue weighted by atomic mass is 127. The van der Waals surface area contributed by atoms with Gasteiger partial charge in [-0.1, -0.05) is 6.92 Å². The molecule has 1 saturated carbocycles. The summed E-state index contributed by atoms with van der Waals surface area (Å²) < 4.78 is 2.14. The Morgan fingerprint density at radius 1 is 1.62 bits per heavy atom. The molecule has 1 rings (SSSR count). The number of guanidine groups is 1. The smallest absolute Gasteiger partial charge is 0.343 e. The molecule has 0 saturated heterocycles. The summed E-state index contributed by atoms with van der Waals surface area (Å²) in [4.78, 5) is 0. The molecule has 0 aromatic heterocycles. The lowest BCUT2D eigenvalue weighted by molar-refractivity contribution is -0.515. The lowest BCUT2D eigenvalue weighted by Gasteiger charge is -2.09. The van der Waals surface area contributed by atoms with Crippen molar-refractivity contribution in [1.82, 2.24) is 5.32 Å². The number of halogens is 1. The highest BCUT2D eigenvalue weighted by Crippen LogP contribution is 2.21. The normalized spacial score (nSPS) is 19.9. The van der Waals surface area contributed by atoms with Crippen molar-refractivity contribution >= 4 is 5.96 Å². The SMILES string of the molecule is CCC(C)NC(N)=[N+](C)C1CC1.[I-]. The van der Waals surface area contributed by atoms with Crippen molar-refractivity contribution in [3.05, 3.63) is 0 Å². The van der Waals surface area contributed by atoms with E-state index in [1.165, 1.54) is 12.8 Å². The lowest BCUT2D eigenvalue weighted by atomic mass is 10.3. The second kappa shape index (κ2) is 5.67. The summed E-state index contributed by atoms with van der Waals surface area (Å²) in [6.45, 7) is 4.30. The Labute approximate surface area is 97.8 Å². The first kappa shape index (κ1) is 13.0. The van der Waals surface area contributed by atoms with Crippen molar-refractivity contribution in [2.24, 2.45) is 5.73 Å². The average molecular weight is 297 g/mol. The Hall–Kier alpha value is 0. The van der Waals surface area contributed by atoms with Crippen LogP contribution in [-0.4, -0.2) is 29.7 Å². The molecule has 0 amide bonds. The maximum absolute atomic E-state index is 5.87.